The summed E-state index contributed by atoms with van der Waals surface area (Å²) in [5.74, 6) is 0. The molecule has 68 valence electrons. The van der Waals surface area contributed by atoms with Gasteiger partial charge in [0, 0.05) is 13.5 Å². The normalized spacial score (nSPS) is 10.8. The fourth-order valence-corrected chi connectivity index (χ4v) is 2.16. The molecule has 0 aliphatic heterocycles. The topological polar surface area (TPSA) is 22.1 Å². The number of rotatable bonds is 3. The molecule has 0 aliphatic rings. The number of para-hydroxylation sites is 1. The molecule has 0 radical (unpaired) electrons. The van der Waals surface area contributed by atoms with Gasteiger partial charge in [-0.15, -0.1) is 11.3 Å². The van der Waals surface area contributed by atoms with Gasteiger partial charge in [-0.3, -0.25) is 0 Å². The van der Waals surface area contributed by atoms with Crippen molar-refractivity contribution in [3.8, 4) is 0 Å². The van der Waals surface area contributed by atoms with Gasteiger partial charge in [0.1, 0.15) is 0 Å². The maximum absolute atomic E-state index is 5.01. The Morgan fingerprint density at radius 1 is 1.38 bits per heavy atom. The van der Waals surface area contributed by atoms with Crippen molar-refractivity contribution in [2.75, 3.05) is 13.7 Å². The van der Waals surface area contributed by atoms with E-state index < -0.39 is 0 Å². The van der Waals surface area contributed by atoms with E-state index in [2.05, 4.69) is 11.1 Å². The highest BCUT2D eigenvalue weighted by Gasteiger charge is 2.01. The Morgan fingerprint density at radius 3 is 3.00 bits per heavy atom. The molecule has 0 fully saturated rings. The molecule has 3 heteroatoms. The summed E-state index contributed by atoms with van der Waals surface area (Å²) in [4.78, 5) is 4.49. The van der Waals surface area contributed by atoms with Crippen LogP contribution in [0.4, 0.5) is 0 Å². The summed E-state index contributed by atoms with van der Waals surface area (Å²) in [6.45, 7) is 0.750. The maximum atomic E-state index is 5.01. The predicted molar refractivity (Wildman–Crippen MR) is 55.2 cm³/mol. The second-order valence-electron chi connectivity index (χ2n) is 2.82. The van der Waals surface area contributed by atoms with Crippen LogP contribution in [0.3, 0.4) is 0 Å². The second-order valence-corrected chi connectivity index (χ2v) is 3.93. The zero-order chi connectivity index (χ0) is 9.10. The average molecular weight is 193 g/mol. The van der Waals surface area contributed by atoms with Crippen LogP contribution in [-0.2, 0) is 11.2 Å². The molecule has 0 saturated carbocycles. The zero-order valence-electron chi connectivity index (χ0n) is 7.49. The van der Waals surface area contributed by atoms with E-state index in [1.165, 1.54) is 4.70 Å². The van der Waals surface area contributed by atoms with Crippen molar-refractivity contribution in [3.05, 3.63) is 29.3 Å². The van der Waals surface area contributed by atoms with Crippen molar-refractivity contribution in [3.63, 3.8) is 0 Å². The van der Waals surface area contributed by atoms with Gasteiger partial charge >= 0.3 is 0 Å². The fraction of sp³-hybridized carbons (Fsp3) is 0.300. The molecule has 0 spiro atoms. The quantitative estimate of drug-likeness (QED) is 0.747. The van der Waals surface area contributed by atoms with E-state index in [4.69, 9.17) is 4.74 Å². The highest BCUT2D eigenvalue weighted by atomic mass is 32.1. The molecular weight excluding hydrogens is 182 g/mol. The van der Waals surface area contributed by atoms with Crippen LogP contribution < -0.4 is 0 Å². The molecule has 2 aromatic rings. The predicted octanol–water partition coefficient (Wildman–Crippen LogP) is 2.49. The third-order valence-electron chi connectivity index (χ3n) is 1.86. The van der Waals surface area contributed by atoms with Crippen molar-refractivity contribution >= 4 is 21.6 Å². The number of methoxy groups -OCH3 is 1. The second kappa shape index (κ2) is 3.85. The molecule has 2 rings (SSSR count). The van der Waals surface area contributed by atoms with Gasteiger partial charge < -0.3 is 4.74 Å². The fourth-order valence-electron chi connectivity index (χ4n) is 1.22. The average Bonchev–Trinajstić information content (AvgIpc) is 2.57. The van der Waals surface area contributed by atoms with E-state index in [1.807, 2.05) is 18.2 Å². The minimum atomic E-state index is 0.750. The Bertz CT molecular complexity index is 363. The summed E-state index contributed by atoms with van der Waals surface area (Å²) in [6, 6.07) is 8.20. The Kier molecular flexibility index (Phi) is 2.57. The van der Waals surface area contributed by atoms with Crippen molar-refractivity contribution in [2.24, 2.45) is 0 Å². The molecule has 13 heavy (non-hydrogen) atoms. The van der Waals surface area contributed by atoms with Gasteiger partial charge in [0.05, 0.1) is 21.8 Å². The van der Waals surface area contributed by atoms with Crippen molar-refractivity contribution < 1.29 is 4.74 Å². The van der Waals surface area contributed by atoms with E-state index in [0.717, 1.165) is 23.6 Å². The summed E-state index contributed by atoms with van der Waals surface area (Å²) < 4.78 is 6.27. The number of aromatic nitrogens is 1. The SMILES string of the molecule is COCCc1nc2ccccc2s1. The van der Waals surface area contributed by atoms with E-state index in [0.29, 0.717) is 0 Å². The van der Waals surface area contributed by atoms with Gasteiger partial charge in [-0.2, -0.15) is 0 Å². The minimum Gasteiger partial charge on any atom is -0.384 e. The van der Waals surface area contributed by atoms with Crippen LogP contribution >= 0.6 is 11.3 Å². The van der Waals surface area contributed by atoms with Crippen LogP contribution in [0.25, 0.3) is 10.2 Å². The largest absolute Gasteiger partial charge is 0.384 e. The number of hydrogen-bond donors (Lipinski definition) is 0. The summed E-state index contributed by atoms with van der Waals surface area (Å²) in [7, 11) is 1.72. The highest BCUT2D eigenvalue weighted by Crippen LogP contribution is 2.21. The summed E-state index contributed by atoms with van der Waals surface area (Å²) >= 11 is 1.75. The van der Waals surface area contributed by atoms with Gasteiger partial charge in [-0.25, -0.2) is 4.98 Å². The van der Waals surface area contributed by atoms with Gasteiger partial charge in [-0.1, -0.05) is 12.1 Å². The smallest absolute Gasteiger partial charge is 0.0961 e. The Morgan fingerprint density at radius 2 is 2.23 bits per heavy atom. The lowest BCUT2D eigenvalue weighted by Gasteiger charge is -1.91. The monoisotopic (exact) mass is 193 g/mol. The van der Waals surface area contributed by atoms with E-state index >= 15 is 0 Å². The number of nitrogens with zero attached hydrogens (tertiary/aromatic N) is 1. The van der Waals surface area contributed by atoms with Gasteiger partial charge in [0.2, 0.25) is 0 Å². The first kappa shape index (κ1) is 8.66. The van der Waals surface area contributed by atoms with E-state index in [9.17, 15) is 0 Å². The number of ether oxygens (including phenoxy) is 1. The molecule has 1 aromatic carbocycles. The number of thiazole rings is 1. The highest BCUT2D eigenvalue weighted by molar-refractivity contribution is 7.18. The van der Waals surface area contributed by atoms with Crippen molar-refractivity contribution in [1.29, 1.82) is 0 Å². The first-order valence-corrected chi connectivity index (χ1v) is 5.05. The van der Waals surface area contributed by atoms with E-state index in [1.54, 1.807) is 18.4 Å². The summed E-state index contributed by atoms with van der Waals surface area (Å²) in [5, 5.41) is 1.16. The first-order valence-electron chi connectivity index (χ1n) is 4.23. The molecule has 1 heterocycles. The lowest BCUT2D eigenvalue weighted by atomic mass is 10.3. The Hall–Kier alpha value is -0.930. The molecule has 0 amide bonds. The van der Waals surface area contributed by atoms with Gasteiger partial charge in [0.15, 0.2) is 0 Å². The molecule has 1 aromatic heterocycles. The first-order chi connectivity index (χ1) is 6.40. The summed E-state index contributed by atoms with van der Waals surface area (Å²) in [6.07, 6.45) is 0.913. The van der Waals surface area contributed by atoms with Gasteiger partial charge in [0.25, 0.3) is 0 Å². The van der Waals surface area contributed by atoms with Crippen LogP contribution in [-0.4, -0.2) is 18.7 Å². The van der Waals surface area contributed by atoms with Crippen LogP contribution in [0.1, 0.15) is 5.01 Å². The molecule has 0 saturated heterocycles. The number of benzene rings is 1. The third-order valence-corrected chi connectivity index (χ3v) is 2.95. The molecule has 0 unspecified atom stereocenters. The molecular formula is C10H11NOS. The summed E-state index contributed by atoms with van der Waals surface area (Å²) in [5.41, 5.74) is 1.10. The number of fused-ring (bicyclic) bond motifs is 1. The third kappa shape index (κ3) is 1.87. The van der Waals surface area contributed by atoms with Crippen molar-refractivity contribution in [1.82, 2.24) is 4.98 Å². The lowest BCUT2D eigenvalue weighted by Crippen LogP contribution is -1.92. The Balaban J connectivity index is 2.28. The Labute approximate surface area is 81.2 Å². The van der Waals surface area contributed by atoms with Crippen LogP contribution in [0, 0.1) is 0 Å². The molecule has 0 bridgehead atoms. The number of hydrogen-bond acceptors (Lipinski definition) is 3. The molecule has 2 nitrogen and oxygen atoms in total. The van der Waals surface area contributed by atoms with Crippen LogP contribution in [0.2, 0.25) is 0 Å². The molecule has 0 aliphatic carbocycles. The minimum absolute atomic E-state index is 0.750. The maximum Gasteiger partial charge on any atom is 0.0961 e. The lowest BCUT2D eigenvalue weighted by molar-refractivity contribution is 0.202. The zero-order valence-corrected chi connectivity index (χ0v) is 8.30. The molecule has 0 N–H and O–H groups in total. The molecule has 0 atom stereocenters. The van der Waals surface area contributed by atoms with Crippen molar-refractivity contribution in [2.45, 2.75) is 6.42 Å². The van der Waals surface area contributed by atoms with Gasteiger partial charge in [-0.05, 0) is 12.1 Å². The standard InChI is InChI=1S/C10H11NOS/c1-12-7-6-10-11-8-4-2-3-5-9(8)13-10/h2-5H,6-7H2,1H3. The van der Waals surface area contributed by atoms with Crippen LogP contribution in [0.5, 0.6) is 0 Å². The van der Waals surface area contributed by atoms with Crippen LogP contribution in [0.15, 0.2) is 24.3 Å². The van der Waals surface area contributed by atoms with E-state index in [-0.39, 0.29) is 0 Å².